The zero-order chi connectivity index (χ0) is 19.5. The second kappa shape index (κ2) is 9.42. The molecule has 154 valence electrons. The molecule has 0 aromatic heterocycles. The van der Waals surface area contributed by atoms with E-state index >= 15 is 0 Å². The number of carbonyl (C=O) groups excluding carboxylic acids is 2. The number of hydrogen-bond acceptors (Lipinski definition) is 3. The molecular formula is C23H28ClN3O2. The number of amides is 2. The fourth-order valence-corrected chi connectivity index (χ4v) is 4.35. The van der Waals surface area contributed by atoms with Gasteiger partial charge in [0.1, 0.15) is 0 Å². The molecule has 4 rings (SSSR count). The van der Waals surface area contributed by atoms with Crippen molar-refractivity contribution in [2.45, 2.75) is 12.8 Å². The van der Waals surface area contributed by atoms with Crippen molar-refractivity contribution < 1.29 is 9.59 Å². The molecule has 5 nitrogen and oxygen atoms in total. The number of fused-ring (bicyclic) bond motifs is 1. The monoisotopic (exact) mass is 413 g/mol. The number of likely N-dealkylation sites (tertiary alicyclic amines) is 1. The van der Waals surface area contributed by atoms with Gasteiger partial charge in [0.2, 0.25) is 0 Å². The normalized spacial score (nSPS) is 20.9. The van der Waals surface area contributed by atoms with Gasteiger partial charge in [-0.05, 0) is 68.1 Å². The van der Waals surface area contributed by atoms with Crippen LogP contribution in [0, 0.1) is 11.8 Å². The first-order chi connectivity index (χ1) is 13.6. The van der Waals surface area contributed by atoms with Crippen molar-refractivity contribution in [3.8, 4) is 0 Å². The highest BCUT2D eigenvalue weighted by molar-refractivity contribution is 6.07. The Labute approximate surface area is 178 Å². The summed E-state index contributed by atoms with van der Waals surface area (Å²) in [5.41, 5.74) is 1.96. The summed E-state index contributed by atoms with van der Waals surface area (Å²) in [6.45, 7) is 3.73. The van der Waals surface area contributed by atoms with E-state index in [0.29, 0.717) is 23.0 Å². The zero-order valence-corrected chi connectivity index (χ0v) is 17.5. The SMILES string of the molecule is CN(C(=O)c1cccc(C(=O)N2CC[C@@H]3CNC[C@@H]3CC2)c1)c1ccccc1.Cl. The minimum atomic E-state index is -0.114. The summed E-state index contributed by atoms with van der Waals surface area (Å²) in [5, 5.41) is 3.47. The summed E-state index contributed by atoms with van der Waals surface area (Å²) in [6, 6.07) is 16.7. The molecule has 1 N–H and O–H groups in total. The first-order valence-corrected chi connectivity index (χ1v) is 10.1. The number of nitrogens with one attached hydrogen (secondary N) is 1. The molecule has 2 amide bonds. The molecule has 29 heavy (non-hydrogen) atoms. The molecule has 2 aromatic rings. The summed E-state index contributed by atoms with van der Waals surface area (Å²) in [7, 11) is 1.76. The Kier molecular flexibility index (Phi) is 6.93. The number of benzene rings is 2. The van der Waals surface area contributed by atoms with Crippen molar-refractivity contribution in [3.63, 3.8) is 0 Å². The van der Waals surface area contributed by atoms with Gasteiger partial charge in [-0.2, -0.15) is 0 Å². The summed E-state index contributed by atoms with van der Waals surface area (Å²) in [4.78, 5) is 29.5. The van der Waals surface area contributed by atoms with E-state index in [9.17, 15) is 9.59 Å². The number of anilines is 1. The Balaban J connectivity index is 0.00000240. The quantitative estimate of drug-likeness (QED) is 0.838. The third-order valence-electron chi connectivity index (χ3n) is 6.11. The van der Waals surface area contributed by atoms with Gasteiger partial charge < -0.3 is 15.1 Å². The van der Waals surface area contributed by atoms with Gasteiger partial charge in [0, 0.05) is 37.0 Å². The van der Waals surface area contributed by atoms with Gasteiger partial charge in [-0.15, -0.1) is 12.4 Å². The number of carbonyl (C=O) groups is 2. The zero-order valence-electron chi connectivity index (χ0n) is 16.7. The van der Waals surface area contributed by atoms with Crippen LogP contribution < -0.4 is 10.2 Å². The van der Waals surface area contributed by atoms with Crippen molar-refractivity contribution in [1.82, 2.24) is 10.2 Å². The first-order valence-electron chi connectivity index (χ1n) is 10.1. The Morgan fingerprint density at radius 1 is 0.931 bits per heavy atom. The van der Waals surface area contributed by atoms with Gasteiger partial charge in [0.25, 0.3) is 11.8 Å². The van der Waals surface area contributed by atoms with Crippen molar-refractivity contribution in [2.24, 2.45) is 11.8 Å². The summed E-state index contributed by atoms with van der Waals surface area (Å²) < 4.78 is 0. The maximum Gasteiger partial charge on any atom is 0.258 e. The van der Waals surface area contributed by atoms with Crippen molar-refractivity contribution in [1.29, 1.82) is 0 Å². The van der Waals surface area contributed by atoms with Crippen LogP contribution in [0.15, 0.2) is 54.6 Å². The van der Waals surface area contributed by atoms with Gasteiger partial charge >= 0.3 is 0 Å². The van der Waals surface area contributed by atoms with Crippen LogP contribution in [-0.4, -0.2) is 49.9 Å². The molecule has 6 heteroatoms. The van der Waals surface area contributed by atoms with E-state index in [1.54, 1.807) is 30.1 Å². The van der Waals surface area contributed by atoms with Crippen LogP contribution in [0.1, 0.15) is 33.6 Å². The third kappa shape index (κ3) is 4.62. The van der Waals surface area contributed by atoms with Crippen LogP contribution in [0.2, 0.25) is 0 Å². The molecule has 2 aliphatic heterocycles. The molecule has 0 radical (unpaired) electrons. The van der Waals surface area contributed by atoms with Crippen LogP contribution in [0.5, 0.6) is 0 Å². The van der Waals surface area contributed by atoms with Crippen LogP contribution in [0.25, 0.3) is 0 Å². The first kappa shape index (κ1) is 21.3. The van der Waals surface area contributed by atoms with Crippen LogP contribution in [-0.2, 0) is 0 Å². The third-order valence-corrected chi connectivity index (χ3v) is 6.11. The lowest BCUT2D eigenvalue weighted by atomic mass is 9.92. The van der Waals surface area contributed by atoms with Gasteiger partial charge in [-0.1, -0.05) is 24.3 Å². The summed E-state index contributed by atoms with van der Waals surface area (Å²) >= 11 is 0. The molecule has 0 saturated carbocycles. The Hall–Kier alpha value is -2.37. The number of rotatable bonds is 3. The predicted octanol–water partition coefficient (Wildman–Crippen LogP) is 3.46. The maximum atomic E-state index is 13.1. The molecule has 2 aliphatic rings. The largest absolute Gasteiger partial charge is 0.339 e. The Bertz CT molecular complexity index is 844. The molecule has 2 saturated heterocycles. The van der Waals surface area contributed by atoms with E-state index in [1.807, 2.05) is 41.3 Å². The fraction of sp³-hybridized carbons (Fsp3) is 0.391. The standard InChI is InChI=1S/C23H27N3O2.ClH/c1-25(21-8-3-2-4-9-21)22(27)17-6-5-7-18(14-17)23(28)26-12-10-19-15-24-16-20(19)11-13-26;/h2-9,14,19-20,24H,10-13,15-16H2,1H3;1H/t19-,20+;. The van der Waals surface area contributed by atoms with Crippen molar-refractivity contribution in [3.05, 3.63) is 65.7 Å². The molecule has 2 atom stereocenters. The highest BCUT2D eigenvalue weighted by atomic mass is 35.5. The number of hydrogen-bond donors (Lipinski definition) is 1. The van der Waals surface area contributed by atoms with Gasteiger partial charge in [-0.3, -0.25) is 9.59 Å². The smallest absolute Gasteiger partial charge is 0.258 e. The lowest BCUT2D eigenvalue weighted by Gasteiger charge is -2.22. The second-order valence-corrected chi connectivity index (χ2v) is 7.83. The second-order valence-electron chi connectivity index (χ2n) is 7.83. The Morgan fingerprint density at radius 3 is 2.21 bits per heavy atom. The van der Waals surface area contributed by atoms with Gasteiger partial charge in [0.15, 0.2) is 0 Å². The van der Waals surface area contributed by atoms with Crippen LogP contribution in [0.4, 0.5) is 5.69 Å². The average molecular weight is 414 g/mol. The minimum absolute atomic E-state index is 0. The van der Waals surface area contributed by atoms with E-state index in [4.69, 9.17) is 0 Å². The lowest BCUT2D eigenvalue weighted by Crippen LogP contribution is -2.33. The minimum Gasteiger partial charge on any atom is -0.339 e. The van der Waals surface area contributed by atoms with Crippen LogP contribution in [0.3, 0.4) is 0 Å². The average Bonchev–Trinajstić information content (AvgIpc) is 3.11. The summed E-state index contributed by atoms with van der Waals surface area (Å²) in [5.74, 6) is 1.29. The van der Waals surface area contributed by atoms with E-state index in [1.165, 1.54) is 0 Å². The highest BCUT2D eigenvalue weighted by Gasteiger charge is 2.31. The summed E-state index contributed by atoms with van der Waals surface area (Å²) in [6.07, 6.45) is 2.11. The molecule has 2 aromatic carbocycles. The van der Waals surface area contributed by atoms with E-state index in [0.717, 1.165) is 44.7 Å². The molecule has 0 aliphatic carbocycles. The number of halogens is 1. The van der Waals surface area contributed by atoms with Gasteiger partial charge in [-0.25, -0.2) is 0 Å². The molecular weight excluding hydrogens is 386 g/mol. The van der Waals surface area contributed by atoms with E-state index in [2.05, 4.69) is 5.32 Å². The van der Waals surface area contributed by atoms with Crippen molar-refractivity contribution in [2.75, 3.05) is 38.1 Å². The van der Waals surface area contributed by atoms with E-state index in [-0.39, 0.29) is 24.2 Å². The molecule has 0 unspecified atom stereocenters. The molecule has 2 fully saturated rings. The number of nitrogens with zero attached hydrogens (tertiary/aromatic N) is 2. The topological polar surface area (TPSA) is 52.7 Å². The maximum absolute atomic E-state index is 13.1. The molecule has 0 bridgehead atoms. The molecule has 2 heterocycles. The van der Waals surface area contributed by atoms with Gasteiger partial charge in [0.05, 0.1) is 0 Å². The van der Waals surface area contributed by atoms with E-state index < -0.39 is 0 Å². The van der Waals surface area contributed by atoms with Crippen LogP contribution >= 0.6 is 12.4 Å². The Morgan fingerprint density at radius 2 is 1.55 bits per heavy atom. The fourth-order valence-electron chi connectivity index (χ4n) is 4.35. The van der Waals surface area contributed by atoms with Crippen molar-refractivity contribution >= 4 is 29.9 Å². The predicted molar refractivity (Wildman–Crippen MR) is 118 cm³/mol. The highest BCUT2D eigenvalue weighted by Crippen LogP contribution is 2.28. The molecule has 0 spiro atoms. The lowest BCUT2D eigenvalue weighted by molar-refractivity contribution is 0.0758. The number of para-hydroxylation sites is 1.